The highest BCUT2D eigenvalue weighted by atomic mass is 16.6. The number of carbonyl (C=O) groups is 1. The lowest BCUT2D eigenvalue weighted by Gasteiger charge is -2.55. The van der Waals surface area contributed by atoms with Gasteiger partial charge in [-0.15, -0.1) is 0 Å². The van der Waals surface area contributed by atoms with Gasteiger partial charge in [-0.05, 0) is 33.9 Å². The third-order valence-corrected chi connectivity index (χ3v) is 5.35. The van der Waals surface area contributed by atoms with Crippen LogP contribution in [0.15, 0.2) is 11.6 Å². The molecule has 120 valence electrons. The van der Waals surface area contributed by atoms with E-state index in [1.165, 1.54) is 12.0 Å². The van der Waals surface area contributed by atoms with Crippen molar-refractivity contribution in [1.29, 1.82) is 0 Å². The van der Waals surface area contributed by atoms with Crippen LogP contribution >= 0.6 is 0 Å². The van der Waals surface area contributed by atoms with E-state index < -0.39 is 0 Å². The topological polar surface area (TPSA) is 32.8 Å². The van der Waals surface area contributed by atoms with Gasteiger partial charge in [-0.2, -0.15) is 0 Å². The molecule has 0 aromatic rings. The van der Waals surface area contributed by atoms with Gasteiger partial charge in [0.15, 0.2) is 0 Å². The van der Waals surface area contributed by atoms with Crippen molar-refractivity contribution in [3.05, 3.63) is 11.6 Å². The minimum absolute atomic E-state index is 0.0843. The van der Waals surface area contributed by atoms with Gasteiger partial charge in [0.2, 0.25) is 0 Å². The Hall–Kier alpha value is -1.03. The summed E-state index contributed by atoms with van der Waals surface area (Å²) in [4.78, 5) is 16.2. The van der Waals surface area contributed by atoms with Gasteiger partial charge >= 0.3 is 6.09 Å². The Balaban J connectivity index is 2.26. The number of fused-ring (bicyclic) bond motifs is 1. The predicted octanol–water partition coefficient (Wildman–Crippen LogP) is 3.14. The molecule has 1 aliphatic heterocycles. The highest BCUT2D eigenvalue weighted by Gasteiger charge is 2.50. The molecular formula is C17H30N2O2. The lowest BCUT2D eigenvalue weighted by atomic mass is 9.57. The lowest BCUT2D eigenvalue weighted by Crippen LogP contribution is -2.55. The lowest BCUT2D eigenvalue weighted by molar-refractivity contribution is 0.0425. The Morgan fingerprint density at radius 3 is 2.67 bits per heavy atom. The molecule has 0 spiro atoms. The van der Waals surface area contributed by atoms with Crippen LogP contribution in [0, 0.1) is 10.8 Å². The Morgan fingerprint density at radius 1 is 1.43 bits per heavy atom. The molecule has 2 rings (SSSR count). The maximum atomic E-state index is 12.0. The summed E-state index contributed by atoms with van der Waals surface area (Å²) in [6, 6.07) is 0.561. The van der Waals surface area contributed by atoms with Crippen LogP contribution in [-0.4, -0.2) is 55.7 Å². The zero-order valence-electron chi connectivity index (χ0n) is 14.4. The molecule has 0 radical (unpaired) electrons. The van der Waals surface area contributed by atoms with Crippen LogP contribution in [0.3, 0.4) is 0 Å². The molecule has 2 aliphatic rings. The molecule has 2 atom stereocenters. The number of rotatable bonds is 2. The molecule has 0 saturated heterocycles. The van der Waals surface area contributed by atoms with Gasteiger partial charge in [-0.1, -0.05) is 32.4 Å². The summed E-state index contributed by atoms with van der Waals surface area (Å²) >= 11 is 0. The molecular weight excluding hydrogens is 264 g/mol. The van der Waals surface area contributed by atoms with E-state index in [2.05, 4.69) is 45.8 Å². The third kappa shape index (κ3) is 2.83. The summed E-state index contributed by atoms with van der Waals surface area (Å²) in [5.74, 6) is 0. The Morgan fingerprint density at radius 2 is 2.10 bits per heavy atom. The standard InChI is InChI=1S/C17H30N2O2/c1-7-21-15(20)19-11-9-13-16(2,3)14(18(5)6)8-10-17(13,4)12-19/h9,14H,7-8,10-12H2,1-6H3/t14-,17+/m0/s1. The first-order valence-corrected chi connectivity index (χ1v) is 8.01. The summed E-state index contributed by atoms with van der Waals surface area (Å²) in [5, 5.41) is 0. The quantitative estimate of drug-likeness (QED) is 0.734. The molecule has 1 aliphatic carbocycles. The van der Waals surface area contributed by atoms with Gasteiger partial charge in [0.25, 0.3) is 0 Å². The fraction of sp³-hybridized carbons (Fsp3) is 0.824. The van der Waals surface area contributed by atoms with Crippen LogP contribution in [-0.2, 0) is 4.74 Å². The zero-order valence-corrected chi connectivity index (χ0v) is 14.4. The van der Waals surface area contributed by atoms with Crippen LogP contribution in [0.25, 0.3) is 0 Å². The Kier molecular flexibility index (Phi) is 4.39. The van der Waals surface area contributed by atoms with E-state index in [0.717, 1.165) is 13.0 Å². The molecule has 0 aromatic heterocycles. The molecule has 0 aromatic carbocycles. The first-order valence-electron chi connectivity index (χ1n) is 8.01. The fourth-order valence-corrected chi connectivity index (χ4v) is 4.53. The van der Waals surface area contributed by atoms with Gasteiger partial charge in [-0.3, -0.25) is 0 Å². The highest BCUT2D eigenvalue weighted by Crippen LogP contribution is 2.53. The second-order valence-corrected chi connectivity index (χ2v) is 7.50. The van der Waals surface area contributed by atoms with Crippen molar-refractivity contribution in [3.8, 4) is 0 Å². The minimum Gasteiger partial charge on any atom is -0.450 e. The molecule has 21 heavy (non-hydrogen) atoms. The highest BCUT2D eigenvalue weighted by molar-refractivity contribution is 5.68. The van der Waals surface area contributed by atoms with Crippen molar-refractivity contribution < 1.29 is 9.53 Å². The fourth-order valence-electron chi connectivity index (χ4n) is 4.53. The molecule has 1 amide bonds. The molecule has 0 N–H and O–H groups in total. The maximum Gasteiger partial charge on any atom is 0.410 e. The number of hydrogen-bond donors (Lipinski definition) is 0. The van der Waals surface area contributed by atoms with E-state index in [1.807, 2.05) is 11.8 Å². The minimum atomic E-state index is -0.179. The smallest absolute Gasteiger partial charge is 0.410 e. The van der Waals surface area contributed by atoms with E-state index in [0.29, 0.717) is 19.2 Å². The van der Waals surface area contributed by atoms with Gasteiger partial charge in [0, 0.05) is 30.0 Å². The van der Waals surface area contributed by atoms with Crippen molar-refractivity contribution in [1.82, 2.24) is 9.80 Å². The summed E-state index contributed by atoms with van der Waals surface area (Å²) in [6.45, 7) is 10.8. The maximum absolute atomic E-state index is 12.0. The van der Waals surface area contributed by atoms with Crippen molar-refractivity contribution in [3.63, 3.8) is 0 Å². The summed E-state index contributed by atoms with van der Waals surface area (Å²) < 4.78 is 5.17. The molecule has 0 unspecified atom stereocenters. The van der Waals surface area contributed by atoms with Crippen molar-refractivity contribution in [2.24, 2.45) is 10.8 Å². The normalized spacial score (nSPS) is 31.7. The van der Waals surface area contributed by atoms with Crippen molar-refractivity contribution in [2.45, 2.75) is 46.6 Å². The average molecular weight is 294 g/mol. The molecule has 4 heteroatoms. The second kappa shape index (κ2) is 5.64. The monoisotopic (exact) mass is 294 g/mol. The average Bonchev–Trinajstić information content (AvgIpc) is 2.37. The zero-order chi connectivity index (χ0) is 15.8. The summed E-state index contributed by atoms with van der Waals surface area (Å²) in [5.41, 5.74) is 1.75. The summed E-state index contributed by atoms with van der Waals surface area (Å²) in [7, 11) is 4.34. The number of ether oxygens (including phenoxy) is 1. The predicted molar refractivity (Wildman–Crippen MR) is 85.3 cm³/mol. The number of amides is 1. The Bertz CT molecular complexity index is 442. The molecule has 0 bridgehead atoms. The Labute approximate surface area is 129 Å². The van der Waals surface area contributed by atoms with Gasteiger partial charge in [-0.25, -0.2) is 4.79 Å². The first-order chi connectivity index (χ1) is 9.72. The first kappa shape index (κ1) is 16.3. The number of nitrogens with zero attached hydrogens (tertiary/aromatic N) is 2. The van der Waals surface area contributed by atoms with E-state index in [-0.39, 0.29) is 16.9 Å². The summed E-state index contributed by atoms with van der Waals surface area (Å²) in [6.07, 6.45) is 4.39. The molecule has 1 fully saturated rings. The van der Waals surface area contributed by atoms with E-state index >= 15 is 0 Å². The number of carbonyl (C=O) groups excluding carboxylic acids is 1. The van der Waals surface area contributed by atoms with E-state index in [1.54, 1.807) is 0 Å². The van der Waals surface area contributed by atoms with Crippen LogP contribution in [0.5, 0.6) is 0 Å². The largest absolute Gasteiger partial charge is 0.450 e. The van der Waals surface area contributed by atoms with Gasteiger partial charge in [0.1, 0.15) is 0 Å². The van der Waals surface area contributed by atoms with Crippen LogP contribution in [0.1, 0.15) is 40.5 Å². The van der Waals surface area contributed by atoms with Crippen LogP contribution in [0.2, 0.25) is 0 Å². The van der Waals surface area contributed by atoms with Gasteiger partial charge < -0.3 is 14.5 Å². The SMILES string of the molecule is CCOC(=O)N1CC=C2C(C)(C)[C@@H](N(C)C)CC[C@]2(C)C1. The van der Waals surface area contributed by atoms with Crippen LogP contribution < -0.4 is 0 Å². The molecule has 1 heterocycles. The van der Waals surface area contributed by atoms with Crippen molar-refractivity contribution >= 4 is 6.09 Å². The molecule has 1 saturated carbocycles. The number of hydrogen-bond acceptors (Lipinski definition) is 3. The third-order valence-electron chi connectivity index (χ3n) is 5.35. The van der Waals surface area contributed by atoms with Gasteiger partial charge in [0.05, 0.1) is 6.61 Å². The molecule has 4 nitrogen and oxygen atoms in total. The van der Waals surface area contributed by atoms with E-state index in [9.17, 15) is 4.79 Å². The van der Waals surface area contributed by atoms with Crippen molar-refractivity contribution in [2.75, 3.05) is 33.8 Å². The van der Waals surface area contributed by atoms with E-state index in [4.69, 9.17) is 4.74 Å². The van der Waals surface area contributed by atoms with Crippen LogP contribution in [0.4, 0.5) is 4.79 Å². The second-order valence-electron chi connectivity index (χ2n) is 7.50.